The van der Waals surface area contributed by atoms with Gasteiger partial charge in [-0.2, -0.15) is 0 Å². The van der Waals surface area contributed by atoms with Crippen LogP contribution in [0.2, 0.25) is 0 Å². The van der Waals surface area contributed by atoms with Gasteiger partial charge in [-0.05, 0) is 64.3 Å². The third-order valence-electron chi connectivity index (χ3n) is 6.47. The highest BCUT2D eigenvalue weighted by molar-refractivity contribution is 5.00. The highest BCUT2D eigenvalue weighted by Crippen LogP contribution is 2.37. The number of rotatable bonds is 0. The lowest BCUT2D eigenvalue weighted by molar-refractivity contribution is -0.0735. The van der Waals surface area contributed by atoms with E-state index in [1.165, 1.54) is 6.42 Å². The molecule has 4 aliphatic rings. The molecule has 1 aliphatic carbocycles. The standard InChI is InChI=1S/C19H35N3O3/c1-12-5-6-23-11-13(2)25-15-3-4-18-17(8-15)19(22-21-18)14-7-16(24-12)10-20-9-14/h12-22H,3-11H2,1-2H3/t12-,13+,14?,15?,16?,17?,18?,19?/m0/s1. The predicted molar refractivity (Wildman–Crippen MR) is 96.3 cm³/mol. The number of fused-ring (bicyclic) bond motifs is 4. The Labute approximate surface area is 151 Å². The molecule has 4 fully saturated rings. The van der Waals surface area contributed by atoms with Gasteiger partial charge in [-0.3, -0.25) is 10.9 Å². The first-order valence-corrected chi connectivity index (χ1v) is 10.3. The van der Waals surface area contributed by atoms with Crippen molar-refractivity contribution in [3.63, 3.8) is 0 Å². The van der Waals surface area contributed by atoms with E-state index in [0.29, 0.717) is 42.7 Å². The zero-order valence-electron chi connectivity index (χ0n) is 15.7. The van der Waals surface area contributed by atoms with Crippen LogP contribution in [0, 0.1) is 11.8 Å². The molecule has 0 aromatic carbocycles. The summed E-state index contributed by atoms with van der Waals surface area (Å²) in [5.74, 6) is 1.27. The highest BCUT2D eigenvalue weighted by atomic mass is 16.5. The van der Waals surface area contributed by atoms with E-state index in [2.05, 4.69) is 30.0 Å². The van der Waals surface area contributed by atoms with Crippen molar-refractivity contribution in [3.8, 4) is 0 Å². The van der Waals surface area contributed by atoms with Crippen molar-refractivity contribution in [2.75, 3.05) is 26.3 Å². The number of piperidine rings is 1. The zero-order chi connectivity index (χ0) is 17.2. The van der Waals surface area contributed by atoms with Crippen LogP contribution in [0.5, 0.6) is 0 Å². The average Bonchev–Trinajstić information content (AvgIpc) is 3.01. The zero-order valence-corrected chi connectivity index (χ0v) is 15.7. The molecule has 0 aromatic rings. The Bertz CT molecular complexity index is 438. The van der Waals surface area contributed by atoms with Crippen molar-refractivity contribution in [2.45, 2.75) is 82.5 Å². The van der Waals surface area contributed by atoms with Crippen LogP contribution in [0.4, 0.5) is 0 Å². The summed E-state index contributed by atoms with van der Waals surface area (Å²) in [5, 5.41) is 3.61. The maximum atomic E-state index is 6.33. The number of nitrogens with one attached hydrogen (secondary N) is 3. The normalized spacial score (nSPS) is 49.2. The molecule has 3 saturated heterocycles. The minimum atomic E-state index is 0.171. The lowest BCUT2D eigenvalue weighted by Gasteiger charge is -2.39. The summed E-state index contributed by atoms with van der Waals surface area (Å²) in [6.45, 7) is 7.81. The first-order chi connectivity index (χ1) is 12.2. The Balaban J connectivity index is 1.48. The summed E-state index contributed by atoms with van der Waals surface area (Å²) in [6, 6.07) is 1.11. The van der Waals surface area contributed by atoms with Gasteiger partial charge in [0.25, 0.3) is 0 Å². The quantitative estimate of drug-likeness (QED) is 0.608. The van der Waals surface area contributed by atoms with Gasteiger partial charge in [0.15, 0.2) is 0 Å². The molecule has 144 valence electrons. The first-order valence-electron chi connectivity index (χ1n) is 10.3. The Morgan fingerprint density at radius 1 is 0.840 bits per heavy atom. The van der Waals surface area contributed by atoms with E-state index < -0.39 is 0 Å². The van der Waals surface area contributed by atoms with Crippen LogP contribution in [-0.4, -0.2) is 62.8 Å². The van der Waals surface area contributed by atoms with Gasteiger partial charge < -0.3 is 19.5 Å². The van der Waals surface area contributed by atoms with E-state index in [1.54, 1.807) is 0 Å². The van der Waals surface area contributed by atoms with Crippen molar-refractivity contribution >= 4 is 0 Å². The fraction of sp³-hybridized carbons (Fsp3) is 1.00. The molecule has 6 nitrogen and oxygen atoms in total. The fourth-order valence-electron chi connectivity index (χ4n) is 5.22. The van der Waals surface area contributed by atoms with E-state index in [-0.39, 0.29) is 12.2 Å². The Kier molecular flexibility index (Phi) is 5.94. The van der Waals surface area contributed by atoms with Gasteiger partial charge in [-0.1, -0.05) is 0 Å². The largest absolute Gasteiger partial charge is 0.379 e. The SMILES string of the molecule is C[C@@H]1COCC[C@H](C)OC2CNCC(C2)C2NNC3CCC(CC32)O1. The summed E-state index contributed by atoms with van der Waals surface area (Å²) in [4.78, 5) is 0. The van der Waals surface area contributed by atoms with Crippen molar-refractivity contribution in [1.29, 1.82) is 0 Å². The maximum absolute atomic E-state index is 6.33. The first kappa shape index (κ1) is 18.1. The second-order valence-corrected chi connectivity index (χ2v) is 8.55. The van der Waals surface area contributed by atoms with Crippen molar-refractivity contribution in [1.82, 2.24) is 16.2 Å². The third-order valence-corrected chi connectivity index (χ3v) is 6.47. The topological polar surface area (TPSA) is 63.8 Å². The van der Waals surface area contributed by atoms with Gasteiger partial charge in [-0.25, -0.2) is 0 Å². The lowest BCUT2D eigenvalue weighted by Crippen LogP contribution is -2.51. The van der Waals surface area contributed by atoms with Crippen LogP contribution in [0.3, 0.4) is 0 Å². The summed E-state index contributed by atoms with van der Waals surface area (Å²) in [6.07, 6.45) is 6.69. The molecule has 1 saturated carbocycles. The summed E-state index contributed by atoms with van der Waals surface area (Å²) < 4.78 is 18.5. The Morgan fingerprint density at radius 2 is 1.72 bits per heavy atom. The number of ether oxygens (including phenoxy) is 3. The molecule has 3 aliphatic heterocycles. The summed E-state index contributed by atoms with van der Waals surface area (Å²) >= 11 is 0. The minimum absolute atomic E-state index is 0.171. The molecule has 0 amide bonds. The molecule has 0 spiro atoms. The van der Waals surface area contributed by atoms with Gasteiger partial charge in [0.2, 0.25) is 0 Å². The van der Waals surface area contributed by atoms with Gasteiger partial charge in [-0.15, -0.1) is 0 Å². The van der Waals surface area contributed by atoms with E-state index >= 15 is 0 Å². The van der Waals surface area contributed by atoms with Crippen molar-refractivity contribution < 1.29 is 14.2 Å². The second-order valence-electron chi connectivity index (χ2n) is 8.55. The monoisotopic (exact) mass is 353 g/mol. The maximum Gasteiger partial charge on any atom is 0.0784 e. The second kappa shape index (κ2) is 8.19. The molecule has 0 aromatic heterocycles. The van der Waals surface area contributed by atoms with Gasteiger partial charge >= 0.3 is 0 Å². The molecule has 3 N–H and O–H groups in total. The van der Waals surface area contributed by atoms with E-state index in [4.69, 9.17) is 14.2 Å². The predicted octanol–water partition coefficient (Wildman–Crippen LogP) is 1.21. The van der Waals surface area contributed by atoms with Gasteiger partial charge in [0.1, 0.15) is 0 Å². The highest BCUT2D eigenvalue weighted by Gasteiger charge is 2.45. The Morgan fingerprint density at radius 3 is 2.64 bits per heavy atom. The molecule has 4 bridgehead atoms. The smallest absolute Gasteiger partial charge is 0.0784 e. The number of hydrazine groups is 1. The summed E-state index contributed by atoms with van der Waals surface area (Å²) in [7, 11) is 0. The van der Waals surface area contributed by atoms with Gasteiger partial charge in [0.05, 0.1) is 31.0 Å². The molecule has 8 atom stereocenters. The van der Waals surface area contributed by atoms with Crippen LogP contribution >= 0.6 is 0 Å². The van der Waals surface area contributed by atoms with Crippen LogP contribution in [0.25, 0.3) is 0 Å². The minimum Gasteiger partial charge on any atom is -0.379 e. The molecule has 6 heteroatoms. The van der Waals surface area contributed by atoms with Gasteiger partial charge in [0, 0.05) is 25.2 Å². The molecule has 25 heavy (non-hydrogen) atoms. The molecule has 0 radical (unpaired) electrons. The average molecular weight is 354 g/mol. The van der Waals surface area contributed by atoms with Crippen LogP contribution in [-0.2, 0) is 14.2 Å². The molecule has 3 heterocycles. The fourth-order valence-corrected chi connectivity index (χ4v) is 5.22. The Hall–Kier alpha value is -0.240. The lowest BCUT2D eigenvalue weighted by atomic mass is 9.74. The van der Waals surface area contributed by atoms with E-state index in [0.717, 1.165) is 45.4 Å². The van der Waals surface area contributed by atoms with Crippen molar-refractivity contribution in [3.05, 3.63) is 0 Å². The molecule has 4 rings (SSSR count). The van der Waals surface area contributed by atoms with Crippen LogP contribution in [0.15, 0.2) is 0 Å². The van der Waals surface area contributed by atoms with Crippen LogP contribution in [0.1, 0.15) is 46.0 Å². The number of hydrogen-bond acceptors (Lipinski definition) is 6. The van der Waals surface area contributed by atoms with E-state index in [1.807, 2.05) is 0 Å². The summed E-state index contributed by atoms with van der Waals surface area (Å²) in [5.41, 5.74) is 7.20. The van der Waals surface area contributed by atoms with E-state index in [9.17, 15) is 0 Å². The van der Waals surface area contributed by atoms with Crippen LogP contribution < -0.4 is 16.2 Å². The third kappa shape index (κ3) is 4.37. The molecular formula is C19H35N3O3. The molecular weight excluding hydrogens is 318 g/mol. The van der Waals surface area contributed by atoms with Crippen molar-refractivity contribution in [2.24, 2.45) is 11.8 Å². The number of hydrogen-bond donors (Lipinski definition) is 3. The molecule has 6 unspecified atom stereocenters.